The van der Waals surface area contributed by atoms with Crippen molar-refractivity contribution in [1.29, 1.82) is 0 Å². The number of amides is 1. The summed E-state index contributed by atoms with van der Waals surface area (Å²) in [6.45, 7) is 0.890. The monoisotopic (exact) mass is 295 g/mol. The maximum atomic E-state index is 12.3. The summed E-state index contributed by atoms with van der Waals surface area (Å²) in [5, 5.41) is 4.25. The minimum Gasteiger partial charge on any atom is -0.355 e. The van der Waals surface area contributed by atoms with Gasteiger partial charge in [-0.25, -0.2) is 9.98 Å². The Labute approximate surface area is 127 Å². The van der Waals surface area contributed by atoms with E-state index in [2.05, 4.69) is 20.3 Å². The van der Waals surface area contributed by atoms with E-state index in [0.29, 0.717) is 11.7 Å². The lowest BCUT2D eigenvalue weighted by atomic mass is 10.2. The van der Waals surface area contributed by atoms with Crippen LogP contribution >= 0.6 is 0 Å². The van der Waals surface area contributed by atoms with Crippen molar-refractivity contribution in [3.05, 3.63) is 35.8 Å². The predicted octanol–water partition coefficient (Wildman–Crippen LogP) is 1.73. The third-order valence-corrected chi connectivity index (χ3v) is 4.09. The smallest absolute Gasteiger partial charge is 0.279 e. The molecule has 1 aliphatic carbocycles. The molecule has 0 spiro atoms. The number of pyridine rings is 1. The van der Waals surface area contributed by atoms with Gasteiger partial charge in [0.2, 0.25) is 5.96 Å². The summed E-state index contributed by atoms with van der Waals surface area (Å²) in [7, 11) is 1.75. The van der Waals surface area contributed by atoms with Crippen LogP contribution in [0.25, 0.3) is 17.1 Å². The van der Waals surface area contributed by atoms with Gasteiger partial charge in [-0.1, -0.05) is 0 Å². The van der Waals surface area contributed by atoms with Crippen LogP contribution in [0.1, 0.15) is 18.4 Å². The Bertz CT molecular complexity index is 800. The van der Waals surface area contributed by atoms with Gasteiger partial charge in [-0.3, -0.25) is 9.69 Å². The predicted molar refractivity (Wildman–Crippen MR) is 85.0 cm³/mol. The minimum atomic E-state index is -0.0865. The van der Waals surface area contributed by atoms with E-state index in [1.54, 1.807) is 18.1 Å². The minimum absolute atomic E-state index is 0.0865. The van der Waals surface area contributed by atoms with Crippen LogP contribution in [-0.4, -0.2) is 40.3 Å². The van der Waals surface area contributed by atoms with Crippen molar-refractivity contribution in [3.63, 3.8) is 0 Å². The number of nitrogens with one attached hydrogen (secondary N) is 2. The van der Waals surface area contributed by atoms with Crippen molar-refractivity contribution in [2.75, 3.05) is 13.6 Å². The molecule has 0 aromatic carbocycles. The van der Waals surface area contributed by atoms with Gasteiger partial charge in [0.1, 0.15) is 11.3 Å². The molecule has 22 heavy (non-hydrogen) atoms. The van der Waals surface area contributed by atoms with Crippen molar-refractivity contribution in [1.82, 2.24) is 20.2 Å². The van der Waals surface area contributed by atoms with Crippen LogP contribution < -0.4 is 5.32 Å². The fourth-order valence-electron chi connectivity index (χ4n) is 2.56. The van der Waals surface area contributed by atoms with E-state index in [0.717, 1.165) is 29.1 Å². The van der Waals surface area contributed by atoms with Gasteiger partial charge in [0.15, 0.2) is 0 Å². The first kappa shape index (κ1) is 13.1. The topological polar surface area (TPSA) is 73.4 Å². The summed E-state index contributed by atoms with van der Waals surface area (Å²) in [6, 6.07) is 3.86. The Morgan fingerprint density at radius 1 is 1.50 bits per heavy atom. The molecule has 0 unspecified atom stereocenters. The molecular weight excluding hydrogens is 278 g/mol. The Hall–Kier alpha value is -2.63. The molecule has 1 fully saturated rings. The van der Waals surface area contributed by atoms with Gasteiger partial charge in [0.25, 0.3) is 5.91 Å². The second kappa shape index (κ2) is 4.98. The molecule has 2 aliphatic rings. The summed E-state index contributed by atoms with van der Waals surface area (Å²) >= 11 is 0. The molecule has 0 saturated heterocycles. The molecule has 0 bridgehead atoms. The first-order chi connectivity index (χ1) is 10.7. The third-order valence-electron chi connectivity index (χ3n) is 4.09. The molecular formula is C16H17N5O. The van der Waals surface area contributed by atoms with Crippen molar-refractivity contribution < 1.29 is 4.79 Å². The number of rotatable bonds is 3. The number of likely N-dealkylation sites (N-methyl/N-ethyl adjacent to an activating group) is 1. The summed E-state index contributed by atoms with van der Waals surface area (Å²) in [5.41, 5.74) is 2.18. The molecule has 0 radical (unpaired) electrons. The van der Waals surface area contributed by atoms with Crippen molar-refractivity contribution in [3.8, 4) is 0 Å². The largest absolute Gasteiger partial charge is 0.355 e. The Morgan fingerprint density at radius 2 is 2.36 bits per heavy atom. The molecule has 1 aliphatic heterocycles. The highest BCUT2D eigenvalue weighted by atomic mass is 16.2. The Balaban J connectivity index is 1.64. The Kier molecular flexibility index (Phi) is 2.96. The third kappa shape index (κ3) is 2.26. The lowest BCUT2D eigenvalue weighted by Crippen LogP contribution is -2.38. The maximum Gasteiger partial charge on any atom is 0.279 e. The second-order valence-electron chi connectivity index (χ2n) is 5.80. The van der Waals surface area contributed by atoms with E-state index in [1.807, 2.05) is 24.4 Å². The summed E-state index contributed by atoms with van der Waals surface area (Å²) in [4.78, 5) is 25.7. The van der Waals surface area contributed by atoms with Gasteiger partial charge in [-0.15, -0.1) is 0 Å². The lowest BCUT2D eigenvalue weighted by molar-refractivity contribution is -0.121. The average Bonchev–Trinajstić information content (AvgIpc) is 3.23. The van der Waals surface area contributed by atoms with Crippen LogP contribution in [0.4, 0.5) is 0 Å². The van der Waals surface area contributed by atoms with Crippen molar-refractivity contribution in [2.45, 2.75) is 12.8 Å². The van der Waals surface area contributed by atoms with E-state index < -0.39 is 0 Å². The molecule has 6 nitrogen and oxygen atoms in total. The van der Waals surface area contributed by atoms with Gasteiger partial charge in [0.05, 0.1) is 0 Å². The summed E-state index contributed by atoms with van der Waals surface area (Å²) in [5.74, 6) is 1.29. The van der Waals surface area contributed by atoms with E-state index >= 15 is 0 Å². The quantitative estimate of drug-likeness (QED) is 0.847. The molecule has 0 atom stereocenters. The number of aromatic nitrogens is 2. The molecule has 1 amide bonds. The number of aliphatic imine (C=N–C) groups is 1. The zero-order chi connectivity index (χ0) is 15.1. The molecule has 1 saturated carbocycles. The number of H-pyrrole nitrogens is 1. The van der Waals surface area contributed by atoms with Crippen molar-refractivity contribution >= 4 is 29.0 Å². The van der Waals surface area contributed by atoms with Gasteiger partial charge >= 0.3 is 0 Å². The Morgan fingerprint density at radius 3 is 3.18 bits per heavy atom. The number of hydrogen-bond donors (Lipinski definition) is 2. The molecule has 2 aromatic heterocycles. The first-order valence-electron chi connectivity index (χ1n) is 7.47. The molecule has 3 heterocycles. The molecule has 2 aromatic rings. The molecule has 2 N–H and O–H groups in total. The van der Waals surface area contributed by atoms with E-state index in [-0.39, 0.29) is 5.91 Å². The number of guanidine groups is 1. The fraction of sp³-hybridized carbons (Fsp3) is 0.312. The number of hydrogen-bond acceptors (Lipinski definition) is 4. The van der Waals surface area contributed by atoms with Gasteiger partial charge < -0.3 is 10.3 Å². The van der Waals surface area contributed by atoms with Gasteiger partial charge in [-0.2, -0.15) is 0 Å². The zero-order valence-electron chi connectivity index (χ0n) is 12.3. The van der Waals surface area contributed by atoms with Crippen LogP contribution in [0.15, 0.2) is 35.2 Å². The number of carbonyl (C=O) groups is 1. The second-order valence-corrected chi connectivity index (χ2v) is 5.80. The standard InChI is InChI=1S/C16H17N5O/c1-21-15(22)13(20-16(21)19-8-10-4-5-10)7-11-9-18-14-12(11)3-2-6-17-14/h2-3,6-7,9-10H,4-5,8H2,1H3,(H,17,18)(H,19,20). The van der Waals surface area contributed by atoms with Crippen molar-refractivity contribution in [2.24, 2.45) is 10.9 Å². The highest BCUT2D eigenvalue weighted by Crippen LogP contribution is 2.28. The number of aromatic amines is 1. The van der Waals surface area contributed by atoms with Crippen LogP contribution in [0.3, 0.4) is 0 Å². The number of fused-ring (bicyclic) bond motifs is 1. The molecule has 4 rings (SSSR count). The van der Waals surface area contributed by atoms with E-state index in [4.69, 9.17) is 0 Å². The maximum absolute atomic E-state index is 12.3. The van der Waals surface area contributed by atoms with E-state index in [9.17, 15) is 4.79 Å². The number of nitrogens with zero attached hydrogens (tertiary/aromatic N) is 3. The van der Waals surface area contributed by atoms with Gasteiger partial charge in [-0.05, 0) is 37.0 Å². The number of carbonyl (C=O) groups excluding carboxylic acids is 1. The highest BCUT2D eigenvalue weighted by Gasteiger charge is 2.29. The van der Waals surface area contributed by atoms with Crippen LogP contribution in [-0.2, 0) is 4.79 Å². The summed E-state index contributed by atoms with van der Waals surface area (Å²) in [6.07, 6.45) is 7.93. The zero-order valence-corrected chi connectivity index (χ0v) is 12.3. The van der Waals surface area contributed by atoms with Crippen LogP contribution in [0.5, 0.6) is 0 Å². The molecule has 112 valence electrons. The normalized spacial score (nSPS) is 20.0. The van der Waals surface area contributed by atoms with Crippen LogP contribution in [0.2, 0.25) is 0 Å². The first-order valence-corrected chi connectivity index (χ1v) is 7.47. The lowest BCUT2D eigenvalue weighted by Gasteiger charge is -2.12. The molecule has 6 heteroatoms. The highest BCUT2D eigenvalue weighted by molar-refractivity contribution is 6.14. The van der Waals surface area contributed by atoms with Crippen LogP contribution in [0, 0.1) is 5.92 Å². The summed E-state index contributed by atoms with van der Waals surface area (Å²) < 4.78 is 0. The SMILES string of the molecule is CN1C(=O)C(=Cc2c[nH]c3ncccc23)N=C1NCC1CC1. The van der Waals surface area contributed by atoms with E-state index in [1.165, 1.54) is 12.8 Å². The fourth-order valence-corrected chi connectivity index (χ4v) is 2.56. The average molecular weight is 295 g/mol. The van der Waals surface area contributed by atoms with Gasteiger partial charge in [0, 0.05) is 36.9 Å².